The third-order valence-corrected chi connectivity index (χ3v) is 11.3. The largest absolute Gasteiger partial charge is 0.458 e. The molecule has 1 aromatic rings. The first-order chi connectivity index (χ1) is 23.2. The van der Waals surface area contributed by atoms with Crippen LogP contribution in [0.25, 0.3) is 0 Å². The van der Waals surface area contributed by atoms with Gasteiger partial charge in [-0.05, 0) is 85.7 Å². The Morgan fingerprint density at radius 1 is 0.940 bits per heavy atom. The molecule has 0 aromatic heterocycles. The van der Waals surface area contributed by atoms with Gasteiger partial charge in [-0.3, -0.25) is 19.2 Å². The highest BCUT2D eigenvalue weighted by atomic mass is 16.6. The number of amides is 5. The summed E-state index contributed by atoms with van der Waals surface area (Å²) >= 11 is 0. The summed E-state index contributed by atoms with van der Waals surface area (Å²) < 4.78 is 5.62. The van der Waals surface area contributed by atoms with Crippen LogP contribution in [0.5, 0.6) is 0 Å². The van der Waals surface area contributed by atoms with E-state index in [1.165, 1.54) is 0 Å². The molecule has 5 rings (SSSR count). The number of nitrogens with zero attached hydrogens (tertiary/aromatic N) is 1. The predicted molar refractivity (Wildman–Crippen MR) is 186 cm³/mol. The first-order valence-electron chi connectivity index (χ1n) is 18.0. The van der Waals surface area contributed by atoms with Gasteiger partial charge in [0.2, 0.25) is 17.6 Å². The number of ether oxygens (including phenoxy) is 1. The van der Waals surface area contributed by atoms with E-state index in [0.29, 0.717) is 25.8 Å². The number of primary amides is 1. The van der Waals surface area contributed by atoms with Gasteiger partial charge in [-0.1, -0.05) is 78.1 Å². The van der Waals surface area contributed by atoms with E-state index in [1.807, 2.05) is 45.0 Å². The molecule has 1 aromatic carbocycles. The van der Waals surface area contributed by atoms with Crippen LogP contribution in [0.4, 0.5) is 4.79 Å². The fourth-order valence-corrected chi connectivity index (χ4v) is 8.23. The molecule has 2 saturated carbocycles. The van der Waals surface area contributed by atoms with Crippen molar-refractivity contribution in [1.29, 1.82) is 0 Å². The average Bonchev–Trinajstić information content (AvgIpc) is 3.34. The minimum absolute atomic E-state index is 0.0480. The molecule has 12 nitrogen and oxygen atoms in total. The Labute approximate surface area is 295 Å². The SMILES string of the molecule is CC(C)(C)OC(=O)[C@@H](NC(=O)N[C@H](C(=O)N1C[C@H]2[C@@H]([C@H]1C(=O)NC(CC1CCC1)C(=O)C(N)=O)C2(C)C)C1Cc2ccccc2C1)C(C)(C)C. The van der Waals surface area contributed by atoms with Gasteiger partial charge in [0.15, 0.2) is 0 Å². The molecular formula is C38H55N5O7. The Morgan fingerprint density at radius 2 is 1.54 bits per heavy atom. The van der Waals surface area contributed by atoms with Crippen LogP contribution in [0.15, 0.2) is 24.3 Å². The lowest BCUT2D eigenvalue weighted by atomic mass is 9.80. The molecule has 1 heterocycles. The molecule has 12 heteroatoms. The molecule has 50 heavy (non-hydrogen) atoms. The van der Waals surface area contributed by atoms with Gasteiger partial charge in [-0.15, -0.1) is 0 Å². The van der Waals surface area contributed by atoms with E-state index < -0.39 is 70.7 Å². The molecule has 3 aliphatic carbocycles. The lowest BCUT2D eigenvalue weighted by Gasteiger charge is -2.36. The Bertz CT molecular complexity index is 1510. The number of nitrogens with two attached hydrogens (primary N) is 1. The third kappa shape index (κ3) is 7.84. The molecule has 5 amide bonds. The van der Waals surface area contributed by atoms with Crippen LogP contribution < -0.4 is 21.7 Å². The molecule has 5 N–H and O–H groups in total. The maximum absolute atomic E-state index is 14.7. The Kier molecular flexibility index (Phi) is 10.2. The highest BCUT2D eigenvalue weighted by Crippen LogP contribution is 2.65. The number of nitrogens with one attached hydrogen (secondary N) is 3. The number of piperidine rings is 1. The monoisotopic (exact) mass is 693 g/mol. The van der Waals surface area contributed by atoms with Gasteiger partial charge in [0.25, 0.3) is 5.91 Å². The second-order valence-corrected chi connectivity index (χ2v) is 17.6. The molecule has 274 valence electrons. The van der Waals surface area contributed by atoms with Crippen molar-refractivity contribution in [2.24, 2.45) is 40.2 Å². The van der Waals surface area contributed by atoms with Crippen molar-refractivity contribution in [2.45, 2.75) is 124 Å². The molecule has 1 saturated heterocycles. The summed E-state index contributed by atoms with van der Waals surface area (Å²) in [4.78, 5) is 82.2. The van der Waals surface area contributed by atoms with Gasteiger partial charge in [-0.2, -0.15) is 0 Å². The number of benzene rings is 1. The number of hydrogen-bond donors (Lipinski definition) is 4. The summed E-state index contributed by atoms with van der Waals surface area (Å²) in [5, 5.41) is 8.53. The Morgan fingerprint density at radius 3 is 2.04 bits per heavy atom. The van der Waals surface area contributed by atoms with Crippen LogP contribution in [0.2, 0.25) is 0 Å². The predicted octanol–water partition coefficient (Wildman–Crippen LogP) is 3.04. The minimum Gasteiger partial charge on any atom is -0.458 e. The number of fused-ring (bicyclic) bond motifs is 2. The first-order valence-corrected chi connectivity index (χ1v) is 18.0. The summed E-state index contributed by atoms with van der Waals surface area (Å²) in [5.41, 5.74) is 5.86. The Hall–Kier alpha value is -3.96. The van der Waals surface area contributed by atoms with E-state index in [-0.39, 0.29) is 29.1 Å². The fraction of sp³-hybridized carbons (Fsp3) is 0.684. The maximum atomic E-state index is 14.7. The van der Waals surface area contributed by atoms with Crippen LogP contribution in [0.3, 0.4) is 0 Å². The topological polar surface area (TPSA) is 177 Å². The highest BCUT2D eigenvalue weighted by Gasteiger charge is 2.70. The number of esters is 1. The third-order valence-electron chi connectivity index (χ3n) is 11.3. The quantitative estimate of drug-likeness (QED) is 0.203. The Balaban J connectivity index is 1.41. The second-order valence-electron chi connectivity index (χ2n) is 17.6. The zero-order chi connectivity index (χ0) is 36.9. The van der Waals surface area contributed by atoms with Crippen molar-refractivity contribution >= 4 is 35.5 Å². The summed E-state index contributed by atoms with van der Waals surface area (Å²) in [7, 11) is 0. The van der Waals surface area contributed by atoms with Gasteiger partial charge < -0.3 is 31.3 Å². The molecule has 3 fully saturated rings. The number of carbonyl (C=O) groups is 6. The molecule has 0 spiro atoms. The second kappa shape index (κ2) is 13.6. The van der Waals surface area contributed by atoms with Crippen molar-refractivity contribution in [3.8, 4) is 0 Å². The molecular weight excluding hydrogens is 638 g/mol. The van der Waals surface area contributed by atoms with Crippen LogP contribution in [-0.2, 0) is 41.6 Å². The summed E-state index contributed by atoms with van der Waals surface area (Å²) in [6.45, 7) is 15.2. The van der Waals surface area contributed by atoms with Crippen LogP contribution in [0, 0.1) is 34.5 Å². The van der Waals surface area contributed by atoms with Gasteiger partial charge in [0, 0.05) is 6.54 Å². The molecule has 1 aliphatic heterocycles. The fourth-order valence-electron chi connectivity index (χ4n) is 8.23. The van der Waals surface area contributed by atoms with E-state index >= 15 is 0 Å². The van der Waals surface area contributed by atoms with Gasteiger partial charge in [0.05, 0.1) is 6.04 Å². The van der Waals surface area contributed by atoms with Crippen molar-refractivity contribution < 1.29 is 33.5 Å². The van der Waals surface area contributed by atoms with Crippen molar-refractivity contribution in [3.05, 3.63) is 35.4 Å². The summed E-state index contributed by atoms with van der Waals surface area (Å²) in [6, 6.07) is 3.23. The number of hydrogen-bond acceptors (Lipinski definition) is 7. The number of ketones is 1. The molecule has 0 radical (unpaired) electrons. The van der Waals surface area contributed by atoms with Crippen molar-refractivity contribution in [1.82, 2.24) is 20.9 Å². The molecule has 4 aliphatic rings. The lowest BCUT2D eigenvalue weighted by molar-refractivity contribution is -0.160. The zero-order valence-electron chi connectivity index (χ0n) is 30.8. The van der Waals surface area contributed by atoms with Crippen molar-refractivity contribution in [2.75, 3.05) is 6.54 Å². The lowest BCUT2D eigenvalue weighted by Crippen LogP contribution is -2.62. The van der Waals surface area contributed by atoms with E-state index in [0.717, 1.165) is 30.4 Å². The molecule has 6 atom stereocenters. The van der Waals surface area contributed by atoms with Crippen molar-refractivity contribution in [3.63, 3.8) is 0 Å². The smallest absolute Gasteiger partial charge is 0.329 e. The normalized spacial score (nSPS) is 24.5. The standard InChI is InChI=1S/C38H55N5O7/c1-36(2,3)30(34(48)50-37(4,5)6)42-35(49)41-27(23-17-21-14-9-10-15-22(21)18-23)33(47)43-19-24-26(38(24,7)8)28(43)32(46)40-25(29(44)31(39)45)16-20-12-11-13-20/h9-10,14-15,20,23-28,30H,11-13,16-19H2,1-8H3,(H2,39,45)(H,40,46)(H2,41,42,49)/t24-,25?,26-,27-,28-,30+/m0/s1. The van der Waals surface area contributed by atoms with Gasteiger partial charge in [0.1, 0.15) is 23.7 Å². The highest BCUT2D eigenvalue weighted by molar-refractivity contribution is 6.37. The van der Waals surface area contributed by atoms with Gasteiger partial charge >= 0.3 is 12.0 Å². The summed E-state index contributed by atoms with van der Waals surface area (Å²) in [6.07, 6.45) is 4.26. The number of urea groups is 1. The van der Waals surface area contributed by atoms with Crippen LogP contribution in [-0.4, -0.2) is 76.7 Å². The van der Waals surface area contributed by atoms with E-state index in [1.54, 1.807) is 25.7 Å². The zero-order valence-corrected chi connectivity index (χ0v) is 30.8. The minimum atomic E-state index is -1.10. The van der Waals surface area contributed by atoms with E-state index in [4.69, 9.17) is 10.5 Å². The number of carbonyl (C=O) groups excluding carboxylic acids is 6. The number of rotatable bonds is 11. The molecule has 0 bridgehead atoms. The van der Waals surface area contributed by atoms with E-state index in [9.17, 15) is 28.8 Å². The van der Waals surface area contributed by atoms with Gasteiger partial charge in [-0.25, -0.2) is 9.59 Å². The number of likely N-dealkylation sites (tertiary alicyclic amines) is 1. The summed E-state index contributed by atoms with van der Waals surface area (Å²) in [5.74, 6) is -3.63. The van der Waals surface area contributed by atoms with Crippen LogP contribution in [0.1, 0.15) is 92.2 Å². The first kappa shape index (κ1) is 37.3. The van der Waals surface area contributed by atoms with E-state index in [2.05, 4.69) is 29.8 Å². The maximum Gasteiger partial charge on any atom is 0.329 e. The average molecular weight is 694 g/mol. The molecule has 1 unspecified atom stereocenters. The van der Waals surface area contributed by atoms with Crippen LogP contribution >= 0.6 is 0 Å². The number of Topliss-reactive ketones (excluding diaryl/α,β-unsaturated/α-hetero) is 1.